The molecular formula is C15H19F2N3O2. The smallest absolute Gasteiger partial charge is 0.201 e. The first-order chi connectivity index (χ1) is 10.6. The third-order valence-electron chi connectivity index (χ3n) is 4.60. The second-order valence-electron chi connectivity index (χ2n) is 5.78. The Labute approximate surface area is 127 Å². The number of rotatable bonds is 3. The number of oxime groups is 1. The molecule has 22 heavy (non-hydrogen) atoms. The van der Waals surface area contributed by atoms with Crippen molar-refractivity contribution in [3.05, 3.63) is 29.3 Å². The second-order valence-corrected chi connectivity index (χ2v) is 5.78. The molecule has 2 N–H and O–H groups in total. The maximum Gasteiger partial charge on any atom is 0.201 e. The van der Waals surface area contributed by atoms with Crippen molar-refractivity contribution in [3.63, 3.8) is 0 Å². The number of methoxy groups -OCH3 is 1. The van der Waals surface area contributed by atoms with Crippen LogP contribution < -0.4 is 10.1 Å². The summed E-state index contributed by atoms with van der Waals surface area (Å²) in [6.45, 7) is 2.96. The van der Waals surface area contributed by atoms with Gasteiger partial charge in [-0.05, 0) is 44.0 Å². The van der Waals surface area contributed by atoms with Crippen molar-refractivity contribution in [1.29, 1.82) is 0 Å². The fourth-order valence-electron chi connectivity index (χ4n) is 3.34. The molecule has 0 aliphatic carbocycles. The van der Waals surface area contributed by atoms with Crippen LogP contribution in [0.25, 0.3) is 0 Å². The summed E-state index contributed by atoms with van der Waals surface area (Å²) in [6.07, 6.45) is 2.13. The van der Waals surface area contributed by atoms with E-state index in [1.807, 2.05) is 0 Å². The van der Waals surface area contributed by atoms with Crippen LogP contribution in [0.1, 0.15) is 18.4 Å². The van der Waals surface area contributed by atoms with Crippen LogP contribution in [0, 0.1) is 17.6 Å². The number of benzene rings is 1. The van der Waals surface area contributed by atoms with Crippen molar-refractivity contribution >= 4 is 5.84 Å². The Morgan fingerprint density at radius 2 is 2.05 bits per heavy atom. The maximum atomic E-state index is 14.1. The van der Waals surface area contributed by atoms with Crippen molar-refractivity contribution in [2.45, 2.75) is 18.9 Å². The summed E-state index contributed by atoms with van der Waals surface area (Å²) < 4.78 is 32.7. The minimum absolute atomic E-state index is 0.0437. The number of fused-ring (bicyclic) bond motifs is 3. The van der Waals surface area contributed by atoms with Crippen LogP contribution in [-0.2, 0) is 0 Å². The summed E-state index contributed by atoms with van der Waals surface area (Å²) in [5.74, 6) is -1.93. The predicted octanol–water partition coefficient (Wildman–Crippen LogP) is 1.79. The van der Waals surface area contributed by atoms with Crippen molar-refractivity contribution in [2.24, 2.45) is 11.1 Å². The number of amidine groups is 1. The Hall–Kier alpha value is -1.89. The van der Waals surface area contributed by atoms with E-state index >= 15 is 0 Å². The van der Waals surface area contributed by atoms with E-state index < -0.39 is 11.6 Å². The van der Waals surface area contributed by atoms with Gasteiger partial charge in [0.2, 0.25) is 5.82 Å². The van der Waals surface area contributed by atoms with Gasteiger partial charge in [0.05, 0.1) is 12.7 Å². The van der Waals surface area contributed by atoms with Crippen molar-refractivity contribution in [2.75, 3.05) is 26.7 Å². The van der Waals surface area contributed by atoms with Gasteiger partial charge in [-0.1, -0.05) is 5.16 Å². The predicted molar refractivity (Wildman–Crippen MR) is 77.3 cm³/mol. The average molecular weight is 311 g/mol. The fourth-order valence-corrected chi connectivity index (χ4v) is 3.34. The minimum Gasteiger partial charge on any atom is -0.494 e. The molecule has 3 aliphatic heterocycles. The number of halogens is 2. The highest BCUT2D eigenvalue weighted by molar-refractivity contribution is 5.99. The summed E-state index contributed by atoms with van der Waals surface area (Å²) >= 11 is 0. The molecule has 1 aromatic rings. The number of hydrogen-bond acceptors (Lipinski definition) is 4. The Bertz CT molecular complexity index is 586. The Morgan fingerprint density at radius 1 is 1.32 bits per heavy atom. The molecule has 0 aromatic heterocycles. The van der Waals surface area contributed by atoms with E-state index in [9.17, 15) is 14.0 Å². The van der Waals surface area contributed by atoms with E-state index in [0.29, 0.717) is 5.92 Å². The molecule has 1 aromatic carbocycles. The van der Waals surface area contributed by atoms with Gasteiger partial charge < -0.3 is 20.2 Å². The van der Waals surface area contributed by atoms with Gasteiger partial charge >= 0.3 is 0 Å². The van der Waals surface area contributed by atoms with Crippen LogP contribution in [0.4, 0.5) is 8.78 Å². The van der Waals surface area contributed by atoms with Gasteiger partial charge in [-0.2, -0.15) is 4.39 Å². The SMILES string of the molecule is COc1ccc(/C(=N\O)N[C@H]2CN3CCC2CC3)c(F)c1F. The quantitative estimate of drug-likeness (QED) is 0.387. The molecule has 0 radical (unpaired) electrons. The van der Waals surface area contributed by atoms with Crippen LogP contribution >= 0.6 is 0 Å². The van der Waals surface area contributed by atoms with Gasteiger partial charge in [0.15, 0.2) is 17.4 Å². The molecule has 120 valence electrons. The molecule has 3 aliphatic rings. The minimum atomic E-state index is -1.09. The van der Waals surface area contributed by atoms with Gasteiger partial charge in [0.1, 0.15) is 0 Å². The van der Waals surface area contributed by atoms with Crippen LogP contribution in [0.3, 0.4) is 0 Å². The van der Waals surface area contributed by atoms with Crippen LogP contribution in [0.2, 0.25) is 0 Å². The summed E-state index contributed by atoms with van der Waals surface area (Å²) in [7, 11) is 1.27. The van der Waals surface area contributed by atoms with Gasteiger partial charge in [0, 0.05) is 12.6 Å². The first-order valence-electron chi connectivity index (χ1n) is 7.37. The van der Waals surface area contributed by atoms with Crippen molar-refractivity contribution in [3.8, 4) is 5.75 Å². The molecule has 1 atom stereocenters. The average Bonchev–Trinajstić information content (AvgIpc) is 2.56. The molecule has 0 spiro atoms. The summed E-state index contributed by atoms with van der Waals surface area (Å²) in [5.41, 5.74) is -0.0998. The highest BCUT2D eigenvalue weighted by Crippen LogP contribution is 2.28. The highest BCUT2D eigenvalue weighted by Gasteiger charge is 2.35. The molecule has 3 fully saturated rings. The summed E-state index contributed by atoms with van der Waals surface area (Å²) in [5, 5.41) is 15.4. The van der Waals surface area contributed by atoms with Crippen LogP contribution in [0.5, 0.6) is 5.75 Å². The first kappa shape index (κ1) is 15.0. The fraction of sp³-hybridized carbons (Fsp3) is 0.533. The lowest BCUT2D eigenvalue weighted by atomic mass is 9.84. The zero-order chi connectivity index (χ0) is 15.7. The van der Waals surface area contributed by atoms with E-state index in [1.54, 1.807) is 0 Å². The molecule has 7 heteroatoms. The van der Waals surface area contributed by atoms with Crippen LogP contribution in [0.15, 0.2) is 17.3 Å². The Balaban J connectivity index is 1.82. The van der Waals surface area contributed by atoms with Gasteiger partial charge in [0.25, 0.3) is 0 Å². The number of nitrogens with one attached hydrogen (secondary N) is 1. The Morgan fingerprint density at radius 3 is 2.59 bits per heavy atom. The van der Waals surface area contributed by atoms with E-state index in [0.717, 1.165) is 32.5 Å². The van der Waals surface area contributed by atoms with Gasteiger partial charge in [-0.3, -0.25) is 0 Å². The zero-order valence-corrected chi connectivity index (χ0v) is 12.4. The molecule has 4 rings (SSSR count). The molecule has 3 heterocycles. The highest BCUT2D eigenvalue weighted by atomic mass is 19.2. The van der Waals surface area contributed by atoms with E-state index in [2.05, 4.69) is 15.4 Å². The largest absolute Gasteiger partial charge is 0.494 e. The van der Waals surface area contributed by atoms with E-state index in [4.69, 9.17) is 4.74 Å². The van der Waals surface area contributed by atoms with Crippen molar-refractivity contribution < 1.29 is 18.7 Å². The first-order valence-corrected chi connectivity index (χ1v) is 7.37. The number of hydrogen-bond donors (Lipinski definition) is 2. The second kappa shape index (κ2) is 6.08. The number of piperidine rings is 3. The molecule has 5 nitrogen and oxygen atoms in total. The van der Waals surface area contributed by atoms with E-state index in [1.165, 1.54) is 19.2 Å². The molecule has 2 bridgehead atoms. The number of nitrogens with zero attached hydrogens (tertiary/aromatic N) is 2. The molecular weight excluding hydrogens is 292 g/mol. The lowest BCUT2D eigenvalue weighted by molar-refractivity contribution is 0.0808. The molecule has 0 amide bonds. The zero-order valence-electron chi connectivity index (χ0n) is 12.4. The van der Waals surface area contributed by atoms with Crippen LogP contribution in [-0.4, -0.2) is 48.7 Å². The lowest BCUT2D eigenvalue weighted by Crippen LogP contribution is -2.57. The molecule has 3 saturated heterocycles. The summed E-state index contributed by atoms with van der Waals surface area (Å²) in [4.78, 5) is 2.32. The Kier molecular flexibility index (Phi) is 4.15. The maximum absolute atomic E-state index is 14.1. The van der Waals surface area contributed by atoms with E-state index in [-0.39, 0.29) is 23.2 Å². The van der Waals surface area contributed by atoms with Gasteiger partial charge in [-0.15, -0.1) is 0 Å². The summed E-state index contributed by atoms with van der Waals surface area (Å²) in [6, 6.07) is 2.75. The third-order valence-corrected chi connectivity index (χ3v) is 4.60. The monoisotopic (exact) mass is 311 g/mol. The van der Waals surface area contributed by atoms with Gasteiger partial charge in [-0.25, -0.2) is 4.39 Å². The topological polar surface area (TPSA) is 57.1 Å². The standard InChI is InChI=1S/C15H19F2N3O2/c1-22-12-3-2-10(13(16)14(12)17)15(19-21)18-11-8-20-6-4-9(11)5-7-20/h2-3,9,11,21H,4-8H2,1H3,(H,18,19)/t11-/m0/s1. The molecule has 0 saturated carbocycles. The number of ether oxygens (including phenoxy) is 1. The third kappa shape index (κ3) is 2.61. The van der Waals surface area contributed by atoms with Crippen molar-refractivity contribution in [1.82, 2.24) is 10.2 Å². The molecule has 0 unspecified atom stereocenters. The lowest BCUT2D eigenvalue weighted by Gasteiger charge is -2.45. The normalized spacial score (nSPS) is 27.8.